The summed E-state index contributed by atoms with van der Waals surface area (Å²) in [4.78, 5) is 20.4. The summed E-state index contributed by atoms with van der Waals surface area (Å²) in [6.45, 7) is 0.568. The number of thioether (sulfide) groups is 1. The average molecular weight is 339 g/mol. The molecule has 0 unspecified atom stereocenters. The Morgan fingerprint density at radius 2 is 2.00 bits per heavy atom. The van der Waals surface area contributed by atoms with Gasteiger partial charge in [-0.1, -0.05) is 30.0 Å². The predicted molar refractivity (Wildman–Crippen MR) is 92.7 cm³/mol. The molecular weight excluding hydrogens is 322 g/mol. The van der Waals surface area contributed by atoms with E-state index in [4.69, 9.17) is 0 Å². The highest BCUT2D eigenvalue weighted by Crippen LogP contribution is 2.18. The van der Waals surface area contributed by atoms with Crippen LogP contribution in [0, 0.1) is 0 Å². The van der Waals surface area contributed by atoms with Crippen molar-refractivity contribution in [2.75, 3.05) is 6.54 Å². The number of aromatic amines is 1. The Hall–Kier alpha value is -2.67. The van der Waals surface area contributed by atoms with Crippen LogP contribution in [0.3, 0.4) is 0 Å². The van der Waals surface area contributed by atoms with Crippen LogP contribution in [0.2, 0.25) is 0 Å². The van der Waals surface area contributed by atoms with Crippen molar-refractivity contribution in [1.29, 1.82) is 0 Å². The van der Waals surface area contributed by atoms with E-state index in [1.807, 2.05) is 42.5 Å². The standard InChI is InChI=1S/C17H17N5OS/c23-16(19-10-8-15-3-1-2-9-18-15)14-6-4-13(5-7-14)11-24-17-20-12-21-22-17/h1-7,9,12H,8,10-11H2,(H,19,23)(H,20,21,22). The third-order valence-electron chi connectivity index (χ3n) is 3.38. The molecule has 2 heterocycles. The minimum atomic E-state index is -0.0691. The number of carbonyl (C=O) groups is 1. The summed E-state index contributed by atoms with van der Waals surface area (Å²) in [5.74, 6) is 0.705. The molecule has 2 N–H and O–H groups in total. The van der Waals surface area contributed by atoms with E-state index in [2.05, 4.69) is 25.5 Å². The first kappa shape index (κ1) is 16.2. The molecule has 1 amide bonds. The van der Waals surface area contributed by atoms with E-state index in [9.17, 15) is 4.79 Å². The van der Waals surface area contributed by atoms with Gasteiger partial charge in [0.15, 0.2) is 5.16 Å². The number of pyridine rings is 1. The van der Waals surface area contributed by atoms with Crippen molar-refractivity contribution in [3.63, 3.8) is 0 Å². The number of hydrogen-bond donors (Lipinski definition) is 2. The van der Waals surface area contributed by atoms with Gasteiger partial charge in [-0.25, -0.2) is 4.98 Å². The van der Waals surface area contributed by atoms with Gasteiger partial charge in [-0.2, -0.15) is 5.10 Å². The number of hydrogen-bond acceptors (Lipinski definition) is 5. The molecule has 0 saturated carbocycles. The molecule has 0 aliphatic heterocycles. The molecule has 3 rings (SSSR count). The minimum absolute atomic E-state index is 0.0691. The van der Waals surface area contributed by atoms with Crippen molar-refractivity contribution in [2.45, 2.75) is 17.3 Å². The zero-order valence-electron chi connectivity index (χ0n) is 13.0. The molecule has 0 atom stereocenters. The molecule has 0 fully saturated rings. The van der Waals surface area contributed by atoms with Crippen molar-refractivity contribution >= 4 is 17.7 Å². The minimum Gasteiger partial charge on any atom is -0.352 e. The second kappa shape index (κ2) is 8.26. The Morgan fingerprint density at radius 3 is 2.71 bits per heavy atom. The maximum Gasteiger partial charge on any atom is 0.251 e. The molecule has 122 valence electrons. The number of aromatic nitrogens is 4. The molecule has 1 aromatic carbocycles. The average Bonchev–Trinajstić information content (AvgIpc) is 3.15. The maximum absolute atomic E-state index is 12.1. The van der Waals surface area contributed by atoms with Crippen molar-refractivity contribution in [3.8, 4) is 0 Å². The molecular formula is C17H17N5OS. The number of rotatable bonds is 7. The Balaban J connectivity index is 1.46. The van der Waals surface area contributed by atoms with Crippen LogP contribution in [-0.4, -0.2) is 32.6 Å². The Labute approximate surface area is 144 Å². The molecule has 0 aliphatic rings. The quantitative estimate of drug-likeness (QED) is 0.646. The van der Waals surface area contributed by atoms with Crippen LogP contribution in [0.4, 0.5) is 0 Å². The summed E-state index contributed by atoms with van der Waals surface area (Å²) in [5.41, 5.74) is 2.75. The van der Waals surface area contributed by atoms with Crippen molar-refractivity contribution in [3.05, 3.63) is 71.8 Å². The first-order valence-corrected chi connectivity index (χ1v) is 8.55. The normalized spacial score (nSPS) is 10.5. The van der Waals surface area contributed by atoms with Gasteiger partial charge in [0.05, 0.1) is 0 Å². The van der Waals surface area contributed by atoms with Gasteiger partial charge in [0.25, 0.3) is 5.91 Å². The number of nitrogens with zero attached hydrogens (tertiary/aromatic N) is 3. The van der Waals surface area contributed by atoms with Gasteiger partial charge in [0.2, 0.25) is 0 Å². The van der Waals surface area contributed by atoms with Gasteiger partial charge in [-0.3, -0.25) is 14.9 Å². The fraction of sp³-hybridized carbons (Fsp3) is 0.176. The number of carbonyl (C=O) groups excluding carboxylic acids is 1. The maximum atomic E-state index is 12.1. The predicted octanol–water partition coefficient (Wildman–Crippen LogP) is 2.46. The van der Waals surface area contributed by atoms with Crippen LogP contribution in [-0.2, 0) is 12.2 Å². The molecule has 2 aromatic heterocycles. The van der Waals surface area contributed by atoms with Crippen LogP contribution < -0.4 is 5.32 Å². The molecule has 0 bridgehead atoms. The highest BCUT2D eigenvalue weighted by atomic mass is 32.2. The first-order chi connectivity index (χ1) is 11.8. The van der Waals surface area contributed by atoms with E-state index < -0.39 is 0 Å². The van der Waals surface area contributed by atoms with Crippen LogP contribution in [0.25, 0.3) is 0 Å². The molecule has 7 heteroatoms. The zero-order valence-corrected chi connectivity index (χ0v) is 13.8. The van der Waals surface area contributed by atoms with Crippen LogP contribution in [0.1, 0.15) is 21.6 Å². The fourth-order valence-electron chi connectivity index (χ4n) is 2.12. The second-order valence-electron chi connectivity index (χ2n) is 5.10. The van der Waals surface area contributed by atoms with Crippen LogP contribution in [0.15, 0.2) is 60.1 Å². The topological polar surface area (TPSA) is 83.6 Å². The van der Waals surface area contributed by atoms with Crippen LogP contribution >= 0.6 is 11.8 Å². The molecule has 6 nitrogen and oxygen atoms in total. The number of benzene rings is 1. The lowest BCUT2D eigenvalue weighted by molar-refractivity contribution is 0.0954. The SMILES string of the molecule is O=C(NCCc1ccccn1)c1ccc(CSc2ncn[nH]2)cc1. The lowest BCUT2D eigenvalue weighted by atomic mass is 10.1. The largest absolute Gasteiger partial charge is 0.352 e. The second-order valence-corrected chi connectivity index (χ2v) is 6.07. The molecule has 0 aliphatic carbocycles. The first-order valence-electron chi connectivity index (χ1n) is 7.56. The summed E-state index contributed by atoms with van der Waals surface area (Å²) in [7, 11) is 0. The van der Waals surface area contributed by atoms with Gasteiger partial charge < -0.3 is 5.32 Å². The van der Waals surface area contributed by atoms with E-state index in [1.165, 1.54) is 6.33 Å². The Bertz CT molecular complexity index is 759. The van der Waals surface area contributed by atoms with Crippen molar-refractivity contribution in [2.24, 2.45) is 0 Å². The van der Waals surface area contributed by atoms with E-state index in [0.717, 1.165) is 28.6 Å². The van der Waals surface area contributed by atoms with Gasteiger partial charge in [0.1, 0.15) is 6.33 Å². The lowest BCUT2D eigenvalue weighted by Crippen LogP contribution is -2.25. The third kappa shape index (κ3) is 4.66. The Morgan fingerprint density at radius 1 is 1.12 bits per heavy atom. The third-order valence-corrected chi connectivity index (χ3v) is 4.33. The van der Waals surface area contributed by atoms with Gasteiger partial charge in [-0.05, 0) is 29.8 Å². The number of H-pyrrole nitrogens is 1. The Kier molecular flexibility index (Phi) is 5.57. The zero-order chi connectivity index (χ0) is 16.6. The lowest BCUT2D eigenvalue weighted by Gasteiger charge is -2.06. The summed E-state index contributed by atoms with van der Waals surface area (Å²) < 4.78 is 0. The van der Waals surface area contributed by atoms with Gasteiger partial charge in [0, 0.05) is 36.2 Å². The molecule has 0 radical (unpaired) electrons. The molecule has 24 heavy (non-hydrogen) atoms. The van der Waals surface area contributed by atoms with Crippen LogP contribution in [0.5, 0.6) is 0 Å². The van der Waals surface area contributed by atoms with E-state index in [-0.39, 0.29) is 5.91 Å². The summed E-state index contributed by atoms with van der Waals surface area (Å²) >= 11 is 1.57. The smallest absolute Gasteiger partial charge is 0.251 e. The fourth-order valence-corrected chi connectivity index (χ4v) is 2.85. The number of nitrogens with one attached hydrogen (secondary N) is 2. The summed E-state index contributed by atoms with van der Waals surface area (Å²) in [6, 6.07) is 13.4. The molecule has 3 aromatic rings. The molecule has 0 saturated heterocycles. The van der Waals surface area contributed by atoms with Crippen molar-refractivity contribution in [1.82, 2.24) is 25.5 Å². The number of amides is 1. The highest BCUT2D eigenvalue weighted by molar-refractivity contribution is 7.98. The summed E-state index contributed by atoms with van der Waals surface area (Å²) in [6.07, 6.45) is 3.96. The monoisotopic (exact) mass is 339 g/mol. The van der Waals surface area contributed by atoms with Gasteiger partial charge in [-0.15, -0.1) is 0 Å². The van der Waals surface area contributed by atoms with Crippen molar-refractivity contribution < 1.29 is 4.79 Å². The van der Waals surface area contributed by atoms with E-state index in [1.54, 1.807) is 18.0 Å². The van der Waals surface area contributed by atoms with Gasteiger partial charge >= 0.3 is 0 Å². The highest BCUT2D eigenvalue weighted by Gasteiger charge is 2.06. The van der Waals surface area contributed by atoms with E-state index >= 15 is 0 Å². The summed E-state index contributed by atoms with van der Waals surface area (Å²) in [5, 5.41) is 10.3. The molecule has 0 spiro atoms. The van der Waals surface area contributed by atoms with E-state index in [0.29, 0.717) is 12.1 Å².